The fraction of sp³-hybridized carbons (Fsp3) is 0.438. The van der Waals surface area contributed by atoms with Crippen molar-refractivity contribution in [3.05, 3.63) is 136 Å². The number of ketones is 1. The third-order valence-electron chi connectivity index (χ3n) is 8.86. The van der Waals surface area contributed by atoms with E-state index < -0.39 is 82.0 Å². The molecule has 4 aromatic carbocycles. The zero-order chi connectivity index (χ0) is 47.6. The summed E-state index contributed by atoms with van der Waals surface area (Å²) in [6.45, 7) is 18.2. The first-order chi connectivity index (χ1) is 28.6. The SMILES string of the molecule is CC(C)(C)OC(=O)c1ccc(C(Cc2ccc(OC(F)(F)C(=O)OC(C)(C)C)cc2)(Cc2ccc(C(F)(F)P(=O)(OC(C)(C)C)OC(C)(C)C)cc2)C(=O)c2ccc(F)cc2)cc1. The van der Waals surface area contributed by atoms with Gasteiger partial charge in [-0.1, -0.05) is 48.5 Å². The Morgan fingerprint density at radius 2 is 0.937 bits per heavy atom. The van der Waals surface area contributed by atoms with Crippen LogP contribution < -0.4 is 4.74 Å². The van der Waals surface area contributed by atoms with Crippen LogP contribution in [0.4, 0.5) is 22.0 Å². The van der Waals surface area contributed by atoms with Crippen LogP contribution in [0.3, 0.4) is 0 Å². The molecule has 9 nitrogen and oxygen atoms in total. The number of benzene rings is 4. The van der Waals surface area contributed by atoms with Gasteiger partial charge in [-0.05, 0) is 161 Å². The number of rotatable bonds is 15. The van der Waals surface area contributed by atoms with Crippen molar-refractivity contribution in [2.75, 3.05) is 0 Å². The van der Waals surface area contributed by atoms with E-state index in [0.717, 1.165) is 24.3 Å². The van der Waals surface area contributed by atoms with Crippen LogP contribution in [-0.2, 0) is 51.8 Å². The summed E-state index contributed by atoms with van der Waals surface area (Å²) in [5, 5.41) is 0. The van der Waals surface area contributed by atoms with Crippen molar-refractivity contribution in [1.82, 2.24) is 0 Å². The van der Waals surface area contributed by atoms with Gasteiger partial charge in [0.15, 0.2) is 5.78 Å². The molecule has 4 aromatic rings. The van der Waals surface area contributed by atoms with Crippen LogP contribution >= 0.6 is 7.60 Å². The van der Waals surface area contributed by atoms with E-state index in [4.69, 9.17) is 23.3 Å². The fourth-order valence-corrected chi connectivity index (χ4v) is 8.61. The lowest BCUT2D eigenvalue weighted by Gasteiger charge is -2.36. The lowest BCUT2D eigenvalue weighted by Crippen LogP contribution is -2.41. The molecule has 0 saturated heterocycles. The summed E-state index contributed by atoms with van der Waals surface area (Å²) < 4.78 is 117. The largest absolute Gasteiger partial charge is 0.502 e. The molecule has 0 spiro atoms. The summed E-state index contributed by atoms with van der Waals surface area (Å²) in [6, 6.07) is 20.8. The highest BCUT2D eigenvalue weighted by molar-refractivity contribution is 7.54. The van der Waals surface area contributed by atoms with Crippen LogP contribution in [0.5, 0.6) is 5.75 Å². The van der Waals surface area contributed by atoms with Gasteiger partial charge in [0.25, 0.3) is 0 Å². The van der Waals surface area contributed by atoms with Gasteiger partial charge in [-0.3, -0.25) is 18.4 Å². The molecule has 0 aromatic heterocycles. The van der Waals surface area contributed by atoms with Crippen molar-refractivity contribution in [1.29, 1.82) is 0 Å². The number of ether oxygens (including phenoxy) is 3. The number of carbonyl (C=O) groups excluding carboxylic acids is 3. The van der Waals surface area contributed by atoms with E-state index in [9.17, 15) is 27.3 Å². The Morgan fingerprint density at radius 1 is 0.524 bits per heavy atom. The highest BCUT2D eigenvalue weighted by Crippen LogP contribution is 2.70. The van der Waals surface area contributed by atoms with Crippen LogP contribution in [0.2, 0.25) is 0 Å². The average Bonchev–Trinajstić information content (AvgIpc) is 3.12. The molecule has 0 aliphatic carbocycles. The van der Waals surface area contributed by atoms with Gasteiger partial charge in [-0.2, -0.15) is 17.6 Å². The van der Waals surface area contributed by atoms with Crippen LogP contribution in [-0.4, -0.2) is 46.2 Å². The highest BCUT2D eigenvalue weighted by atomic mass is 31.2. The number of alkyl halides is 4. The van der Waals surface area contributed by atoms with Crippen molar-refractivity contribution in [3.63, 3.8) is 0 Å². The molecule has 0 saturated carbocycles. The first-order valence-electron chi connectivity index (χ1n) is 20.2. The molecule has 63 heavy (non-hydrogen) atoms. The topological polar surface area (TPSA) is 114 Å². The third kappa shape index (κ3) is 13.5. The number of Topliss-reactive ketones (excluding diaryl/α,β-unsaturated/α-hetero) is 1. The Labute approximate surface area is 366 Å². The van der Waals surface area contributed by atoms with E-state index in [2.05, 4.69) is 0 Å². The van der Waals surface area contributed by atoms with Crippen LogP contribution in [0.25, 0.3) is 0 Å². The maximum Gasteiger partial charge on any atom is 0.502 e. The molecule has 4 rings (SSSR count). The molecule has 0 heterocycles. The van der Waals surface area contributed by atoms with E-state index in [-0.39, 0.29) is 24.0 Å². The molecule has 0 amide bonds. The summed E-state index contributed by atoms with van der Waals surface area (Å²) >= 11 is 0. The number of carbonyl (C=O) groups is 3. The van der Waals surface area contributed by atoms with E-state index in [0.29, 0.717) is 16.7 Å². The molecule has 0 N–H and O–H groups in total. The zero-order valence-electron chi connectivity index (χ0n) is 37.7. The summed E-state index contributed by atoms with van der Waals surface area (Å²) in [6.07, 6.45) is -4.70. The van der Waals surface area contributed by atoms with Crippen molar-refractivity contribution in [3.8, 4) is 5.75 Å². The second kappa shape index (κ2) is 18.3. The monoisotopic (exact) mass is 902 g/mol. The molecule has 0 bridgehead atoms. The number of halogens is 5. The van der Waals surface area contributed by atoms with Crippen molar-refractivity contribution < 1.29 is 64.2 Å². The Hall–Kier alpha value is -4.91. The number of hydrogen-bond donors (Lipinski definition) is 0. The van der Waals surface area contributed by atoms with Gasteiger partial charge >= 0.3 is 31.3 Å². The smallest absolute Gasteiger partial charge is 0.456 e. The minimum atomic E-state index is -5.19. The van der Waals surface area contributed by atoms with Crippen molar-refractivity contribution in [2.45, 2.75) is 136 Å². The lowest BCUT2D eigenvalue weighted by atomic mass is 9.67. The predicted molar refractivity (Wildman–Crippen MR) is 229 cm³/mol. The molecule has 0 aliphatic rings. The molecular formula is C48H56F5O9P. The average molecular weight is 903 g/mol. The Kier molecular flexibility index (Phi) is 14.7. The Balaban J connectivity index is 1.88. The summed E-state index contributed by atoms with van der Waals surface area (Å²) in [4.78, 5) is 40.3. The standard InChI is InChI=1S/C48H56F5O9P/c1-42(2,3)59-40(55)34-17-23-35(24-18-34)46(39(54)33-19-25-37(49)26-20-33,30-32-15-27-38(28-16-32)58-47(50,51)41(56)60-43(4,5)6)29-31-13-21-36(22-14-31)48(52,53)63(57,61-44(7,8)9)62-45(10,11)12/h13-28H,29-30H2,1-12H3. The highest BCUT2D eigenvalue weighted by Gasteiger charge is 2.58. The fourth-order valence-electron chi connectivity index (χ4n) is 6.43. The van der Waals surface area contributed by atoms with Crippen molar-refractivity contribution in [2.24, 2.45) is 0 Å². The molecule has 0 aliphatic heterocycles. The maximum absolute atomic E-state index is 16.4. The Morgan fingerprint density at radius 3 is 1.37 bits per heavy atom. The normalized spacial score (nSPS) is 14.1. The molecule has 0 fully saturated rings. The summed E-state index contributed by atoms with van der Waals surface area (Å²) in [5.41, 5.74) is -9.74. The van der Waals surface area contributed by atoms with E-state index in [1.165, 1.54) is 123 Å². The minimum absolute atomic E-state index is 0.0762. The molecule has 15 heteroatoms. The van der Waals surface area contributed by atoms with Crippen molar-refractivity contribution >= 4 is 25.3 Å². The molecule has 1 unspecified atom stereocenters. The molecular weight excluding hydrogens is 846 g/mol. The zero-order valence-corrected chi connectivity index (χ0v) is 38.6. The lowest BCUT2D eigenvalue weighted by molar-refractivity contribution is -0.226. The summed E-state index contributed by atoms with van der Waals surface area (Å²) in [5.74, 6) is -4.08. The van der Waals surface area contributed by atoms with E-state index in [1.54, 1.807) is 32.9 Å². The van der Waals surface area contributed by atoms with Gasteiger partial charge in [0.2, 0.25) is 0 Å². The van der Waals surface area contributed by atoms with Gasteiger partial charge < -0.3 is 14.2 Å². The van der Waals surface area contributed by atoms with E-state index >= 15 is 13.6 Å². The quantitative estimate of drug-likeness (QED) is 0.0498. The number of esters is 2. The predicted octanol–water partition coefficient (Wildman–Crippen LogP) is 12.6. The second-order valence-electron chi connectivity index (χ2n) is 19.3. The second-order valence-corrected chi connectivity index (χ2v) is 21.2. The van der Waals surface area contributed by atoms with E-state index in [1.807, 2.05) is 0 Å². The van der Waals surface area contributed by atoms with Crippen LogP contribution in [0.15, 0.2) is 97.1 Å². The third-order valence-corrected chi connectivity index (χ3v) is 11.4. The molecule has 1 atom stereocenters. The first-order valence-corrected chi connectivity index (χ1v) is 21.7. The van der Waals surface area contributed by atoms with Gasteiger partial charge in [0.1, 0.15) is 22.8 Å². The van der Waals surface area contributed by atoms with Crippen LogP contribution in [0.1, 0.15) is 126 Å². The first kappa shape index (κ1) is 50.7. The number of hydrogen-bond acceptors (Lipinski definition) is 9. The van der Waals surface area contributed by atoms with Gasteiger partial charge in [0, 0.05) is 11.1 Å². The van der Waals surface area contributed by atoms with Gasteiger partial charge in [0.05, 0.1) is 22.2 Å². The maximum atomic E-state index is 16.4. The molecule has 0 radical (unpaired) electrons. The molecule has 342 valence electrons. The Bertz CT molecular complexity index is 2260. The van der Waals surface area contributed by atoms with Gasteiger partial charge in [-0.25, -0.2) is 14.0 Å². The summed E-state index contributed by atoms with van der Waals surface area (Å²) in [7, 11) is -5.19. The van der Waals surface area contributed by atoms with Gasteiger partial charge in [-0.15, -0.1) is 0 Å². The minimum Gasteiger partial charge on any atom is -0.456 e. The van der Waals surface area contributed by atoms with Crippen LogP contribution in [0, 0.1) is 5.82 Å².